The smallest absolute Gasteiger partial charge is 0.153 e. The molecule has 0 amide bonds. The predicted octanol–water partition coefficient (Wildman–Crippen LogP) is 5.34. The average molecular weight is 272 g/mol. The molecule has 3 aromatic rings. The summed E-state index contributed by atoms with van der Waals surface area (Å²) in [6.45, 7) is 2.11. The predicted molar refractivity (Wildman–Crippen MR) is 84.6 cm³/mol. The van der Waals surface area contributed by atoms with E-state index in [1.165, 1.54) is 11.1 Å². The molecule has 21 heavy (non-hydrogen) atoms. The summed E-state index contributed by atoms with van der Waals surface area (Å²) in [6.07, 6.45) is 0. The van der Waals surface area contributed by atoms with Gasteiger partial charge in [-0.05, 0) is 36.2 Å². The van der Waals surface area contributed by atoms with Gasteiger partial charge in [0.1, 0.15) is 11.4 Å². The normalized spacial score (nSPS) is 11.9. The maximum Gasteiger partial charge on any atom is 0.153 e. The number of hydrogen-bond acceptors (Lipinski definition) is 1. The lowest BCUT2D eigenvalue weighted by molar-refractivity contribution is 0.471. The molecule has 0 saturated heterocycles. The van der Waals surface area contributed by atoms with Crippen LogP contribution in [0.15, 0.2) is 66.7 Å². The van der Waals surface area contributed by atoms with Gasteiger partial charge in [0.15, 0.2) is 11.5 Å². The van der Waals surface area contributed by atoms with Crippen molar-refractivity contribution in [2.24, 2.45) is 0 Å². The number of ether oxygens (including phenoxy) is 1. The van der Waals surface area contributed by atoms with E-state index >= 15 is 0 Å². The molecule has 0 fully saturated rings. The number of benzene rings is 3. The van der Waals surface area contributed by atoms with Gasteiger partial charge in [-0.25, -0.2) is 5.32 Å². The van der Waals surface area contributed by atoms with Gasteiger partial charge in [-0.15, -0.1) is 0 Å². The minimum atomic E-state index is 0.813. The van der Waals surface area contributed by atoms with E-state index in [0.29, 0.717) is 0 Å². The molecule has 4 rings (SSSR count). The van der Waals surface area contributed by atoms with Crippen LogP contribution in [0, 0.1) is 6.92 Å². The van der Waals surface area contributed by atoms with E-state index in [2.05, 4.69) is 25.1 Å². The molecular weight excluding hydrogens is 258 g/mol. The lowest BCUT2D eigenvalue weighted by atomic mass is 9.97. The Hall–Kier alpha value is -2.74. The van der Waals surface area contributed by atoms with Crippen LogP contribution >= 0.6 is 0 Å². The van der Waals surface area contributed by atoms with Crippen molar-refractivity contribution in [2.45, 2.75) is 6.92 Å². The Morgan fingerprint density at radius 3 is 2.38 bits per heavy atom. The van der Waals surface area contributed by atoms with Crippen LogP contribution in [0.5, 0.6) is 11.5 Å². The molecule has 0 saturated carbocycles. The Morgan fingerprint density at radius 1 is 0.762 bits per heavy atom. The second-order valence-electron chi connectivity index (χ2n) is 5.15. The summed E-state index contributed by atoms with van der Waals surface area (Å²) < 4.78 is 6.00. The van der Waals surface area contributed by atoms with Crippen LogP contribution in [0.25, 0.3) is 11.1 Å². The Balaban J connectivity index is 1.92. The fourth-order valence-electron chi connectivity index (χ4n) is 2.71. The topological polar surface area (TPSA) is 23.3 Å². The number of para-hydroxylation sites is 2. The minimum absolute atomic E-state index is 0.813. The Morgan fingerprint density at radius 2 is 1.52 bits per heavy atom. The summed E-state index contributed by atoms with van der Waals surface area (Å²) >= 11 is 0. The molecule has 0 atom stereocenters. The maximum atomic E-state index is 6.00. The van der Waals surface area contributed by atoms with E-state index in [1.54, 1.807) is 0 Å². The number of aryl methyl sites for hydroxylation is 1. The van der Waals surface area contributed by atoms with Gasteiger partial charge in [0.25, 0.3) is 0 Å². The first-order valence-electron chi connectivity index (χ1n) is 7.00. The molecule has 0 spiro atoms. The number of nitrogens with zero attached hydrogens (tertiary/aromatic N) is 1. The third kappa shape index (κ3) is 1.96. The molecule has 0 aromatic heterocycles. The SMILES string of the molecule is Cc1ccc2c(c1-c1ccccc1)[N]c1ccccc1O2. The maximum absolute atomic E-state index is 6.00. The zero-order valence-electron chi connectivity index (χ0n) is 11.7. The third-order valence-electron chi connectivity index (χ3n) is 3.73. The average Bonchev–Trinajstić information content (AvgIpc) is 2.54. The summed E-state index contributed by atoms with van der Waals surface area (Å²) in [7, 11) is 0. The number of hydrogen-bond donors (Lipinski definition) is 0. The van der Waals surface area contributed by atoms with Crippen LogP contribution in [0.1, 0.15) is 5.56 Å². The van der Waals surface area contributed by atoms with Gasteiger partial charge >= 0.3 is 0 Å². The summed E-state index contributed by atoms with van der Waals surface area (Å²) in [4.78, 5) is 0. The van der Waals surface area contributed by atoms with E-state index in [0.717, 1.165) is 28.4 Å². The van der Waals surface area contributed by atoms with Gasteiger partial charge in [0.05, 0.1) is 0 Å². The molecule has 1 radical (unpaired) electrons. The molecular formula is C19H14NO. The van der Waals surface area contributed by atoms with Gasteiger partial charge in [-0.3, -0.25) is 0 Å². The summed E-state index contributed by atoms with van der Waals surface area (Å²) in [5.41, 5.74) is 5.31. The minimum Gasteiger partial charge on any atom is -0.453 e. The highest BCUT2D eigenvalue weighted by Crippen LogP contribution is 2.47. The molecule has 101 valence electrons. The standard InChI is InChI=1S/C19H14NO/c1-13-11-12-17-19(18(13)14-7-3-2-4-8-14)20-15-9-5-6-10-16(15)21-17/h2-12H,1H3. The lowest BCUT2D eigenvalue weighted by Crippen LogP contribution is -2.04. The summed E-state index contributed by atoms with van der Waals surface area (Å²) in [5, 5.41) is 4.82. The van der Waals surface area contributed by atoms with E-state index in [4.69, 9.17) is 10.1 Å². The monoisotopic (exact) mass is 272 g/mol. The molecule has 0 aliphatic carbocycles. The van der Waals surface area contributed by atoms with E-state index < -0.39 is 0 Å². The van der Waals surface area contributed by atoms with Crippen LogP contribution < -0.4 is 10.1 Å². The molecule has 1 aliphatic rings. The number of rotatable bonds is 1. The van der Waals surface area contributed by atoms with Crippen LogP contribution in [-0.2, 0) is 0 Å². The molecule has 2 nitrogen and oxygen atoms in total. The molecule has 1 aliphatic heterocycles. The largest absolute Gasteiger partial charge is 0.453 e. The van der Waals surface area contributed by atoms with Crippen LogP contribution in [0.3, 0.4) is 0 Å². The molecule has 2 heteroatoms. The third-order valence-corrected chi connectivity index (χ3v) is 3.73. The fraction of sp³-hybridized carbons (Fsp3) is 0.0526. The van der Waals surface area contributed by atoms with Gasteiger partial charge in [-0.2, -0.15) is 0 Å². The first kappa shape index (κ1) is 12.0. The molecule has 0 bridgehead atoms. The van der Waals surface area contributed by atoms with Crippen LogP contribution in [-0.4, -0.2) is 0 Å². The number of fused-ring (bicyclic) bond motifs is 2. The summed E-state index contributed by atoms with van der Waals surface area (Å²) in [5.74, 6) is 1.63. The van der Waals surface area contributed by atoms with E-state index in [1.807, 2.05) is 48.5 Å². The van der Waals surface area contributed by atoms with Crippen molar-refractivity contribution >= 4 is 11.4 Å². The van der Waals surface area contributed by atoms with Gasteiger partial charge < -0.3 is 4.74 Å². The quantitative estimate of drug-likeness (QED) is 0.459. The van der Waals surface area contributed by atoms with Crippen molar-refractivity contribution in [1.82, 2.24) is 5.32 Å². The Bertz CT molecular complexity index is 809. The zero-order valence-corrected chi connectivity index (χ0v) is 11.7. The van der Waals surface area contributed by atoms with Crippen LogP contribution in [0.2, 0.25) is 0 Å². The second-order valence-corrected chi connectivity index (χ2v) is 5.15. The van der Waals surface area contributed by atoms with Crippen molar-refractivity contribution < 1.29 is 4.74 Å². The van der Waals surface area contributed by atoms with E-state index in [-0.39, 0.29) is 0 Å². The highest BCUT2D eigenvalue weighted by atomic mass is 16.5. The Labute approximate surface area is 124 Å². The van der Waals surface area contributed by atoms with Gasteiger partial charge in [-0.1, -0.05) is 48.5 Å². The summed E-state index contributed by atoms with van der Waals surface area (Å²) in [6, 6.07) is 22.3. The fourth-order valence-corrected chi connectivity index (χ4v) is 2.71. The second kappa shape index (κ2) is 4.67. The molecule has 3 aromatic carbocycles. The zero-order chi connectivity index (χ0) is 14.2. The Kier molecular flexibility index (Phi) is 2.68. The van der Waals surface area contributed by atoms with E-state index in [9.17, 15) is 0 Å². The lowest BCUT2D eigenvalue weighted by Gasteiger charge is -2.23. The van der Waals surface area contributed by atoms with Crippen molar-refractivity contribution in [3.63, 3.8) is 0 Å². The van der Waals surface area contributed by atoms with Crippen molar-refractivity contribution in [1.29, 1.82) is 0 Å². The highest BCUT2D eigenvalue weighted by Gasteiger charge is 2.22. The highest BCUT2D eigenvalue weighted by molar-refractivity contribution is 5.86. The van der Waals surface area contributed by atoms with Crippen molar-refractivity contribution in [2.75, 3.05) is 0 Å². The molecule has 1 heterocycles. The van der Waals surface area contributed by atoms with Crippen molar-refractivity contribution in [3.05, 3.63) is 72.3 Å². The first-order valence-corrected chi connectivity index (χ1v) is 7.00. The first-order chi connectivity index (χ1) is 10.3. The van der Waals surface area contributed by atoms with Gasteiger partial charge in [0, 0.05) is 5.56 Å². The van der Waals surface area contributed by atoms with Crippen LogP contribution in [0.4, 0.5) is 11.4 Å². The molecule has 0 N–H and O–H groups in total. The molecule has 0 unspecified atom stereocenters. The van der Waals surface area contributed by atoms with Crippen molar-refractivity contribution in [3.8, 4) is 22.6 Å². The van der Waals surface area contributed by atoms with Gasteiger partial charge in [0.2, 0.25) is 0 Å².